The zero-order valence-electron chi connectivity index (χ0n) is 17.9. The van der Waals surface area contributed by atoms with E-state index < -0.39 is 5.97 Å². The molecule has 4 aliphatic carbocycles. The SMILES string of the molecule is C[C@H](CCC(=O)[O-])[C@H]1CC[C@H]2[C@H]3CC[C@H]4C[C@H](O)CC[C@]4(C)[C@@H]3C[C@H](O)[C@]12C. The minimum atomic E-state index is -0.957. The van der Waals surface area contributed by atoms with Crippen molar-refractivity contribution in [2.24, 2.45) is 46.3 Å². The number of carbonyl (C=O) groups excluding carboxylic acids is 1. The van der Waals surface area contributed by atoms with Crippen LogP contribution in [-0.4, -0.2) is 28.4 Å². The van der Waals surface area contributed by atoms with Crippen LogP contribution in [0.25, 0.3) is 0 Å². The number of carbonyl (C=O) groups is 1. The number of hydrogen-bond acceptors (Lipinski definition) is 4. The molecule has 0 radical (unpaired) electrons. The van der Waals surface area contributed by atoms with Crippen LogP contribution in [0.2, 0.25) is 0 Å². The third-order valence-corrected chi connectivity index (χ3v) is 10.3. The van der Waals surface area contributed by atoms with E-state index in [1.807, 2.05) is 0 Å². The smallest absolute Gasteiger partial charge is 0.0602 e. The number of fused-ring (bicyclic) bond motifs is 5. The van der Waals surface area contributed by atoms with Crippen molar-refractivity contribution in [2.45, 2.75) is 97.2 Å². The molecule has 0 aliphatic heterocycles. The van der Waals surface area contributed by atoms with E-state index in [1.165, 1.54) is 19.3 Å². The van der Waals surface area contributed by atoms with Crippen molar-refractivity contribution in [3.8, 4) is 0 Å². The van der Waals surface area contributed by atoms with Crippen molar-refractivity contribution >= 4 is 5.97 Å². The average Bonchev–Trinajstić information content (AvgIpc) is 3.00. The minimum absolute atomic E-state index is 0.0795. The molecule has 4 heteroatoms. The predicted molar refractivity (Wildman–Crippen MR) is 106 cm³/mol. The molecule has 0 saturated heterocycles. The molecule has 4 nitrogen and oxygen atoms in total. The Balaban J connectivity index is 1.56. The first kappa shape index (κ1) is 20.7. The molecule has 4 saturated carbocycles. The number of hydrogen-bond donors (Lipinski definition) is 2. The summed E-state index contributed by atoms with van der Waals surface area (Å²) in [5.74, 6) is 2.19. The fourth-order valence-corrected chi connectivity index (χ4v) is 8.71. The van der Waals surface area contributed by atoms with Crippen molar-refractivity contribution in [3.05, 3.63) is 0 Å². The van der Waals surface area contributed by atoms with Gasteiger partial charge in [0, 0.05) is 5.97 Å². The molecular formula is C24H39O4-. The van der Waals surface area contributed by atoms with Crippen LogP contribution in [0, 0.1) is 46.3 Å². The molecule has 0 heterocycles. The summed E-state index contributed by atoms with van der Waals surface area (Å²) < 4.78 is 0. The van der Waals surface area contributed by atoms with Crippen molar-refractivity contribution in [1.82, 2.24) is 0 Å². The highest BCUT2D eigenvalue weighted by Crippen LogP contribution is 2.68. The largest absolute Gasteiger partial charge is 0.550 e. The van der Waals surface area contributed by atoms with Crippen LogP contribution < -0.4 is 5.11 Å². The van der Waals surface area contributed by atoms with Gasteiger partial charge in [0.15, 0.2) is 0 Å². The van der Waals surface area contributed by atoms with E-state index in [2.05, 4.69) is 20.8 Å². The first-order chi connectivity index (χ1) is 13.2. The van der Waals surface area contributed by atoms with Crippen LogP contribution in [-0.2, 0) is 4.79 Å². The van der Waals surface area contributed by atoms with Crippen LogP contribution in [0.15, 0.2) is 0 Å². The molecule has 0 unspecified atom stereocenters. The summed E-state index contributed by atoms with van der Waals surface area (Å²) in [6.45, 7) is 6.94. The molecule has 4 aliphatic rings. The third-order valence-electron chi connectivity index (χ3n) is 10.3. The molecule has 4 fully saturated rings. The Hall–Kier alpha value is -0.610. The number of aliphatic hydroxyl groups excluding tert-OH is 2. The second-order valence-electron chi connectivity index (χ2n) is 11.3. The van der Waals surface area contributed by atoms with Crippen molar-refractivity contribution in [1.29, 1.82) is 0 Å². The van der Waals surface area contributed by atoms with E-state index in [9.17, 15) is 20.1 Å². The van der Waals surface area contributed by atoms with Gasteiger partial charge in [-0.2, -0.15) is 0 Å². The Morgan fingerprint density at radius 3 is 2.54 bits per heavy atom. The highest BCUT2D eigenvalue weighted by molar-refractivity contribution is 5.64. The molecule has 0 aromatic rings. The van der Waals surface area contributed by atoms with Crippen LogP contribution in [0.1, 0.15) is 85.0 Å². The molecule has 2 N–H and O–H groups in total. The summed E-state index contributed by atoms with van der Waals surface area (Å²) in [6, 6.07) is 0. The molecule has 160 valence electrons. The monoisotopic (exact) mass is 391 g/mol. The van der Waals surface area contributed by atoms with Crippen LogP contribution in [0.4, 0.5) is 0 Å². The van der Waals surface area contributed by atoms with Gasteiger partial charge in [-0.1, -0.05) is 20.8 Å². The minimum Gasteiger partial charge on any atom is -0.550 e. The molecule has 0 bridgehead atoms. The van der Waals surface area contributed by atoms with Gasteiger partial charge >= 0.3 is 0 Å². The van der Waals surface area contributed by atoms with E-state index in [4.69, 9.17) is 0 Å². The Kier molecular flexibility index (Phi) is 5.36. The van der Waals surface area contributed by atoms with Crippen molar-refractivity contribution in [2.75, 3.05) is 0 Å². The van der Waals surface area contributed by atoms with Gasteiger partial charge in [-0.25, -0.2) is 0 Å². The Labute approximate surface area is 170 Å². The number of carboxylic acids is 1. The second-order valence-corrected chi connectivity index (χ2v) is 11.3. The van der Waals surface area contributed by atoms with Gasteiger partial charge in [0.05, 0.1) is 12.2 Å². The van der Waals surface area contributed by atoms with Crippen LogP contribution in [0.3, 0.4) is 0 Å². The Morgan fingerprint density at radius 2 is 1.82 bits per heavy atom. The summed E-state index contributed by atoms with van der Waals surface area (Å²) in [5.41, 5.74) is 0.188. The first-order valence-corrected chi connectivity index (χ1v) is 11.7. The second kappa shape index (κ2) is 7.27. The first-order valence-electron chi connectivity index (χ1n) is 11.7. The molecule has 0 aromatic heterocycles. The number of aliphatic carboxylic acids is 1. The van der Waals surface area contributed by atoms with Gasteiger partial charge in [0.2, 0.25) is 0 Å². The normalized spacial score (nSPS) is 51.7. The molecule has 0 spiro atoms. The predicted octanol–water partition coefficient (Wildman–Crippen LogP) is 3.14. The van der Waals surface area contributed by atoms with E-state index in [1.54, 1.807) is 0 Å². The molecule has 10 atom stereocenters. The summed E-state index contributed by atoms with van der Waals surface area (Å²) in [7, 11) is 0. The van der Waals surface area contributed by atoms with Crippen LogP contribution in [0.5, 0.6) is 0 Å². The maximum absolute atomic E-state index is 11.5. The Morgan fingerprint density at radius 1 is 1.07 bits per heavy atom. The van der Waals surface area contributed by atoms with E-state index in [0.717, 1.165) is 32.1 Å². The third kappa shape index (κ3) is 3.05. The summed E-state index contributed by atoms with van der Waals surface area (Å²) in [4.78, 5) is 10.9. The summed E-state index contributed by atoms with van der Waals surface area (Å²) in [5, 5.41) is 32.6. The fraction of sp³-hybridized carbons (Fsp3) is 0.958. The fourth-order valence-electron chi connectivity index (χ4n) is 8.71. The van der Waals surface area contributed by atoms with E-state index in [-0.39, 0.29) is 29.5 Å². The topological polar surface area (TPSA) is 80.6 Å². The number of rotatable bonds is 4. The quantitative estimate of drug-likeness (QED) is 0.771. The molecular weight excluding hydrogens is 352 g/mol. The molecule has 0 amide bonds. The van der Waals surface area contributed by atoms with Gasteiger partial charge in [-0.3, -0.25) is 0 Å². The molecule has 0 aromatic carbocycles. The van der Waals surface area contributed by atoms with Crippen LogP contribution >= 0.6 is 0 Å². The van der Waals surface area contributed by atoms with Gasteiger partial charge in [-0.15, -0.1) is 0 Å². The zero-order valence-corrected chi connectivity index (χ0v) is 17.9. The summed E-state index contributed by atoms with van der Waals surface area (Å²) in [6.07, 6.45) is 8.98. The Bertz CT molecular complexity index is 605. The molecule has 28 heavy (non-hydrogen) atoms. The van der Waals surface area contributed by atoms with Crippen molar-refractivity contribution in [3.63, 3.8) is 0 Å². The summed E-state index contributed by atoms with van der Waals surface area (Å²) >= 11 is 0. The van der Waals surface area contributed by atoms with Gasteiger partial charge in [0.25, 0.3) is 0 Å². The lowest BCUT2D eigenvalue weighted by Gasteiger charge is -2.62. The maximum atomic E-state index is 11.5. The highest BCUT2D eigenvalue weighted by Gasteiger charge is 2.63. The van der Waals surface area contributed by atoms with E-state index >= 15 is 0 Å². The maximum Gasteiger partial charge on any atom is 0.0602 e. The lowest BCUT2D eigenvalue weighted by atomic mass is 9.43. The number of carboxylic acid groups (broad SMARTS) is 1. The molecule has 4 rings (SSSR count). The van der Waals surface area contributed by atoms with Gasteiger partial charge in [-0.05, 0) is 111 Å². The standard InChI is InChI=1S/C24H40O4/c1-14(4-9-22(27)28)18-7-8-19-17-6-5-15-12-16(25)10-11-23(15,2)20(17)13-21(26)24(18,19)3/h14-21,25-26H,4-13H2,1-3H3,(H,27,28)/p-1/t14-,15+,16-,17-,18-,19+,20-,21+,23+,24-/m1/s1. The zero-order chi connectivity index (χ0) is 20.3. The van der Waals surface area contributed by atoms with E-state index in [0.29, 0.717) is 41.9 Å². The number of aliphatic hydroxyl groups is 2. The van der Waals surface area contributed by atoms with Crippen molar-refractivity contribution < 1.29 is 20.1 Å². The highest BCUT2D eigenvalue weighted by atomic mass is 16.4. The van der Waals surface area contributed by atoms with Gasteiger partial charge < -0.3 is 20.1 Å². The average molecular weight is 392 g/mol. The van der Waals surface area contributed by atoms with Gasteiger partial charge in [0.1, 0.15) is 0 Å². The lowest BCUT2D eigenvalue weighted by molar-refractivity contribution is -0.306. The lowest BCUT2D eigenvalue weighted by Crippen LogP contribution is -2.58.